The van der Waals surface area contributed by atoms with Gasteiger partial charge in [0, 0.05) is 29.8 Å². The van der Waals surface area contributed by atoms with Crippen LogP contribution in [0.5, 0.6) is 5.75 Å². The predicted octanol–water partition coefficient (Wildman–Crippen LogP) is 4.30. The molecular weight excluding hydrogens is 429 g/mol. The van der Waals surface area contributed by atoms with Gasteiger partial charge in [0.2, 0.25) is 5.95 Å². The molecule has 0 unspecified atom stereocenters. The minimum absolute atomic E-state index is 0.126. The van der Waals surface area contributed by atoms with Gasteiger partial charge in [0.25, 0.3) is 11.6 Å². The van der Waals surface area contributed by atoms with Crippen molar-refractivity contribution in [3.8, 4) is 17.1 Å². The number of benzene rings is 3. The summed E-state index contributed by atoms with van der Waals surface area (Å²) in [5, 5.41) is 18.3. The third-order valence-corrected chi connectivity index (χ3v) is 4.84. The molecule has 0 saturated heterocycles. The second kappa shape index (κ2) is 9.27. The van der Waals surface area contributed by atoms with Gasteiger partial charge in [-0.2, -0.15) is 9.67 Å². The Hall–Kier alpha value is -4.60. The zero-order chi connectivity index (χ0) is 23.4. The van der Waals surface area contributed by atoms with Crippen molar-refractivity contribution in [2.45, 2.75) is 6.54 Å². The van der Waals surface area contributed by atoms with Crippen LogP contribution >= 0.6 is 0 Å². The molecule has 4 rings (SSSR count). The smallest absolute Gasteiger partial charge is 0.281 e. The summed E-state index contributed by atoms with van der Waals surface area (Å²) in [5.41, 5.74) is 1.52. The number of rotatable bonds is 7. The molecule has 0 fully saturated rings. The summed E-state index contributed by atoms with van der Waals surface area (Å²) in [6.45, 7) is 0.272. The van der Waals surface area contributed by atoms with Crippen LogP contribution in [0.2, 0.25) is 0 Å². The molecule has 1 heterocycles. The molecule has 1 aromatic heterocycles. The molecule has 0 saturated carbocycles. The number of nitrogens with one attached hydrogen (secondary N) is 1. The third kappa shape index (κ3) is 4.85. The van der Waals surface area contributed by atoms with Gasteiger partial charge in [-0.3, -0.25) is 14.9 Å². The van der Waals surface area contributed by atoms with Crippen LogP contribution in [0.15, 0.2) is 72.8 Å². The number of non-ortho nitro benzene ring substituents is 1. The lowest BCUT2D eigenvalue weighted by molar-refractivity contribution is -0.384. The van der Waals surface area contributed by atoms with Gasteiger partial charge in [-0.05, 0) is 54.1 Å². The predicted molar refractivity (Wildman–Crippen MR) is 119 cm³/mol. The minimum Gasteiger partial charge on any atom is -0.497 e. The summed E-state index contributed by atoms with van der Waals surface area (Å²) in [6.07, 6.45) is 0. The second-order valence-corrected chi connectivity index (χ2v) is 6.99. The van der Waals surface area contributed by atoms with E-state index in [-0.39, 0.29) is 29.6 Å². The second-order valence-electron chi connectivity index (χ2n) is 6.99. The maximum absolute atomic E-state index is 13.2. The minimum atomic E-state index is -0.540. The zero-order valence-corrected chi connectivity index (χ0v) is 17.4. The van der Waals surface area contributed by atoms with E-state index < -0.39 is 10.8 Å². The Morgan fingerprint density at radius 2 is 1.73 bits per heavy atom. The number of hydrogen-bond donors (Lipinski definition) is 1. The standard InChI is InChI=1S/C23H18FN5O4/c1-33-20-12-6-16(7-13-20)21-26-23(25-14-15-2-8-18(24)9-3-15)28(27-21)22(30)17-4-10-19(11-5-17)29(31)32/h2-13H,14H2,1H3,(H,25,26,27). The summed E-state index contributed by atoms with van der Waals surface area (Å²) in [4.78, 5) is 28.0. The SMILES string of the molecule is COc1ccc(-c2nc(NCc3ccc(F)cc3)n(C(=O)c3ccc([N+](=O)[O-])cc3)n2)cc1. The van der Waals surface area contributed by atoms with Crippen LogP contribution in [0.3, 0.4) is 0 Å². The highest BCUT2D eigenvalue weighted by Gasteiger charge is 2.20. The van der Waals surface area contributed by atoms with Crippen molar-refractivity contribution in [3.63, 3.8) is 0 Å². The van der Waals surface area contributed by atoms with Gasteiger partial charge in [0.1, 0.15) is 11.6 Å². The Labute approximate surface area is 187 Å². The number of ether oxygens (including phenoxy) is 1. The fourth-order valence-corrected chi connectivity index (χ4v) is 3.06. The number of aromatic nitrogens is 3. The molecule has 3 aromatic carbocycles. The number of hydrogen-bond acceptors (Lipinski definition) is 7. The highest BCUT2D eigenvalue weighted by molar-refractivity contribution is 5.97. The first-order valence-electron chi connectivity index (χ1n) is 9.83. The Kier molecular flexibility index (Phi) is 6.07. The van der Waals surface area contributed by atoms with Gasteiger partial charge in [-0.1, -0.05) is 12.1 Å². The van der Waals surface area contributed by atoms with Crippen molar-refractivity contribution in [2.24, 2.45) is 0 Å². The van der Waals surface area contributed by atoms with Gasteiger partial charge in [0.15, 0.2) is 5.82 Å². The van der Waals surface area contributed by atoms with Crippen molar-refractivity contribution >= 4 is 17.5 Å². The molecule has 1 N–H and O–H groups in total. The number of carbonyl (C=O) groups excluding carboxylic acids is 1. The average Bonchev–Trinajstić information content (AvgIpc) is 3.27. The molecule has 166 valence electrons. The highest BCUT2D eigenvalue weighted by atomic mass is 19.1. The monoisotopic (exact) mass is 447 g/mol. The molecule has 0 aliphatic heterocycles. The van der Waals surface area contributed by atoms with E-state index in [1.165, 1.54) is 36.4 Å². The van der Waals surface area contributed by atoms with E-state index in [0.29, 0.717) is 17.1 Å². The van der Waals surface area contributed by atoms with Gasteiger partial charge >= 0.3 is 0 Å². The van der Waals surface area contributed by atoms with E-state index in [1.807, 2.05) is 0 Å². The van der Waals surface area contributed by atoms with E-state index in [0.717, 1.165) is 10.2 Å². The van der Waals surface area contributed by atoms with Gasteiger partial charge in [-0.25, -0.2) is 4.39 Å². The Balaban J connectivity index is 1.67. The maximum Gasteiger partial charge on any atom is 0.281 e. The van der Waals surface area contributed by atoms with Gasteiger partial charge < -0.3 is 10.1 Å². The van der Waals surface area contributed by atoms with E-state index >= 15 is 0 Å². The first-order chi connectivity index (χ1) is 15.9. The molecule has 0 aliphatic rings. The fourth-order valence-electron chi connectivity index (χ4n) is 3.06. The number of nitro benzene ring substituents is 1. The first kappa shape index (κ1) is 21.6. The Morgan fingerprint density at radius 3 is 2.33 bits per heavy atom. The zero-order valence-electron chi connectivity index (χ0n) is 17.4. The van der Waals surface area contributed by atoms with Crippen molar-refractivity contribution in [1.29, 1.82) is 0 Å². The normalized spacial score (nSPS) is 10.6. The molecule has 0 radical (unpaired) electrons. The largest absolute Gasteiger partial charge is 0.497 e. The molecule has 0 atom stereocenters. The summed E-state index contributed by atoms with van der Waals surface area (Å²) < 4.78 is 19.5. The molecule has 0 amide bonds. The topological polar surface area (TPSA) is 112 Å². The molecule has 33 heavy (non-hydrogen) atoms. The van der Waals surface area contributed by atoms with Crippen molar-refractivity contribution in [2.75, 3.05) is 12.4 Å². The van der Waals surface area contributed by atoms with Crippen LogP contribution in [-0.4, -0.2) is 32.7 Å². The third-order valence-electron chi connectivity index (χ3n) is 4.84. The lowest BCUT2D eigenvalue weighted by atomic mass is 10.2. The Morgan fingerprint density at radius 1 is 1.06 bits per heavy atom. The lowest BCUT2D eigenvalue weighted by Crippen LogP contribution is -2.17. The Bertz CT molecular complexity index is 1290. The van der Waals surface area contributed by atoms with Gasteiger partial charge in [0.05, 0.1) is 12.0 Å². The summed E-state index contributed by atoms with van der Waals surface area (Å²) >= 11 is 0. The summed E-state index contributed by atoms with van der Waals surface area (Å²) in [5.74, 6) is 0.272. The number of halogens is 1. The van der Waals surface area contributed by atoms with Gasteiger partial charge in [-0.15, -0.1) is 5.10 Å². The summed E-state index contributed by atoms with van der Waals surface area (Å²) in [7, 11) is 1.56. The lowest BCUT2D eigenvalue weighted by Gasteiger charge is -2.07. The number of nitrogens with zero attached hydrogens (tertiary/aromatic N) is 4. The first-order valence-corrected chi connectivity index (χ1v) is 9.83. The van der Waals surface area contributed by atoms with Crippen molar-refractivity contribution < 1.29 is 18.8 Å². The number of anilines is 1. The van der Waals surface area contributed by atoms with Crippen molar-refractivity contribution in [1.82, 2.24) is 14.8 Å². The number of methoxy groups -OCH3 is 1. The van der Waals surface area contributed by atoms with Crippen molar-refractivity contribution in [3.05, 3.63) is 99.9 Å². The maximum atomic E-state index is 13.2. The number of nitro groups is 1. The van der Waals surface area contributed by atoms with Crippen LogP contribution in [-0.2, 0) is 6.54 Å². The van der Waals surface area contributed by atoms with Crippen LogP contribution in [0, 0.1) is 15.9 Å². The molecule has 0 spiro atoms. The van der Waals surface area contributed by atoms with Crippen LogP contribution in [0.4, 0.5) is 16.0 Å². The molecular formula is C23H18FN5O4. The number of carbonyl (C=O) groups is 1. The van der Waals surface area contributed by atoms with E-state index in [4.69, 9.17) is 4.74 Å². The molecule has 4 aromatic rings. The van der Waals surface area contributed by atoms with E-state index in [2.05, 4.69) is 15.4 Å². The van der Waals surface area contributed by atoms with Crippen LogP contribution < -0.4 is 10.1 Å². The summed E-state index contributed by atoms with van der Waals surface area (Å²) in [6, 6.07) is 18.2. The quantitative estimate of drug-likeness (QED) is 0.332. The average molecular weight is 447 g/mol. The molecule has 0 bridgehead atoms. The molecule has 10 heteroatoms. The fraction of sp³-hybridized carbons (Fsp3) is 0.0870. The van der Waals surface area contributed by atoms with Crippen LogP contribution in [0.1, 0.15) is 15.9 Å². The van der Waals surface area contributed by atoms with E-state index in [1.54, 1.807) is 43.5 Å². The molecule has 0 aliphatic carbocycles. The van der Waals surface area contributed by atoms with E-state index in [9.17, 15) is 19.3 Å². The highest BCUT2D eigenvalue weighted by Crippen LogP contribution is 2.23. The van der Waals surface area contributed by atoms with Crippen LogP contribution in [0.25, 0.3) is 11.4 Å². The molecule has 9 nitrogen and oxygen atoms in total.